The van der Waals surface area contributed by atoms with E-state index in [1.165, 1.54) is 31.7 Å². The van der Waals surface area contributed by atoms with E-state index in [1.54, 1.807) is 6.07 Å². The summed E-state index contributed by atoms with van der Waals surface area (Å²) in [5.74, 6) is 0.299. The third kappa shape index (κ3) is 5.15. The maximum atomic E-state index is 13.0. The highest BCUT2D eigenvalue weighted by Gasteiger charge is 2.34. The second-order valence-electron chi connectivity index (χ2n) is 8.53. The van der Waals surface area contributed by atoms with E-state index >= 15 is 0 Å². The highest BCUT2D eigenvalue weighted by molar-refractivity contribution is 7.91. The van der Waals surface area contributed by atoms with Crippen LogP contribution in [0.2, 0.25) is 4.34 Å². The Morgan fingerprint density at radius 1 is 1.00 bits per heavy atom. The molecule has 162 valence electrons. The van der Waals surface area contributed by atoms with Gasteiger partial charge >= 0.3 is 0 Å². The molecule has 1 N–H and O–H groups in total. The summed E-state index contributed by atoms with van der Waals surface area (Å²) in [6.07, 6.45) is 8.22. The molecule has 1 amide bonds. The number of nitrogens with one attached hydrogen (secondary N) is 1. The molecule has 29 heavy (non-hydrogen) atoms. The summed E-state index contributed by atoms with van der Waals surface area (Å²) in [5.41, 5.74) is 0. The van der Waals surface area contributed by atoms with Gasteiger partial charge in [-0.25, -0.2) is 13.1 Å². The summed E-state index contributed by atoms with van der Waals surface area (Å²) < 4.78 is 28.5. The number of hydrogen-bond donors (Lipinski definition) is 1. The first kappa shape index (κ1) is 21.6. The molecule has 9 heteroatoms. The Balaban J connectivity index is 1.24. The molecule has 3 aliphatic rings. The third-order valence-corrected chi connectivity index (χ3v) is 9.92. The van der Waals surface area contributed by atoms with Crippen LogP contribution in [0.5, 0.6) is 0 Å². The zero-order chi connectivity index (χ0) is 20.4. The highest BCUT2D eigenvalue weighted by atomic mass is 35.5. The van der Waals surface area contributed by atoms with Crippen LogP contribution in [0.15, 0.2) is 16.3 Å². The summed E-state index contributed by atoms with van der Waals surface area (Å²) in [6.45, 7) is 3.66. The van der Waals surface area contributed by atoms with Gasteiger partial charge in [0.25, 0.3) is 0 Å². The molecule has 0 spiro atoms. The summed E-state index contributed by atoms with van der Waals surface area (Å²) in [5, 5.41) is 0. The number of sulfonamides is 1. The zero-order valence-corrected chi connectivity index (χ0v) is 19.1. The topological polar surface area (TPSA) is 69.7 Å². The minimum absolute atomic E-state index is 0.0324. The molecule has 0 unspecified atom stereocenters. The second-order valence-corrected chi connectivity index (χ2v) is 12.2. The molecule has 1 saturated heterocycles. The monoisotopic (exact) mass is 459 g/mol. The van der Waals surface area contributed by atoms with Gasteiger partial charge in [-0.3, -0.25) is 9.69 Å². The maximum absolute atomic E-state index is 13.0. The van der Waals surface area contributed by atoms with Gasteiger partial charge in [-0.2, -0.15) is 0 Å². The minimum Gasteiger partial charge on any atom is -0.340 e. The molecule has 0 radical (unpaired) electrons. The summed E-state index contributed by atoms with van der Waals surface area (Å²) in [7, 11) is -3.53. The SMILES string of the molecule is O=C([C@H]1CC[C@H](NS(=O)(=O)c2ccc(Cl)s2)CC1)N1CCN(C2CCCC2)CC1. The first-order valence-electron chi connectivity index (χ1n) is 10.7. The fraction of sp³-hybridized carbons (Fsp3) is 0.750. The lowest BCUT2D eigenvalue weighted by Crippen LogP contribution is -2.53. The van der Waals surface area contributed by atoms with Crippen LogP contribution < -0.4 is 4.72 Å². The van der Waals surface area contributed by atoms with E-state index in [9.17, 15) is 13.2 Å². The van der Waals surface area contributed by atoms with Crippen molar-refractivity contribution in [1.29, 1.82) is 0 Å². The maximum Gasteiger partial charge on any atom is 0.250 e. The molecular weight excluding hydrogens is 430 g/mol. The Morgan fingerprint density at radius 3 is 2.24 bits per heavy atom. The Kier molecular flexibility index (Phi) is 6.85. The quantitative estimate of drug-likeness (QED) is 0.733. The number of halogens is 1. The lowest BCUT2D eigenvalue weighted by molar-refractivity contribution is -0.138. The number of rotatable bonds is 5. The summed E-state index contributed by atoms with van der Waals surface area (Å²) in [4.78, 5) is 17.6. The van der Waals surface area contributed by atoms with Crippen molar-refractivity contribution in [2.45, 2.75) is 67.7 Å². The molecule has 1 aromatic heterocycles. The van der Waals surface area contributed by atoms with Crippen molar-refractivity contribution < 1.29 is 13.2 Å². The number of hydrogen-bond acceptors (Lipinski definition) is 5. The van der Waals surface area contributed by atoms with Crippen molar-refractivity contribution in [1.82, 2.24) is 14.5 Å². The van der Waals surface area contributed by atoms with Crippen molar-refractivity contribution in [3.63, 3.8) is 0 Å². The number of carbonyl (C=O) groups is 1. The van der Waals surface area contributed by atoms with Crippen LogP contribution in [0.3, 0.4) is 0 Å². The number of nitrogens with zero attached hydrogens (tertiary/aromatic N) is 2. The van der Waals surface area contributed by atoms with E-state index in [-0.39, 0.29) is 22.1 Å². The second kappa shape index (κ2) is 9.22. The van der Waals surface area contributed by atoms with Gasteiger partial charge in [-0.15, -0.1) is 11.3 Å². The Bertz CT molecular complexity index is 807. The molecule has 1 aliphatic heterocycles. The van der Waals surface area contributed by atoms with Gasteiger partial charge in [0.2, 0.25) is 15.9 Å². The van der Waals surface area contributed by atoms with E-state index in [0.29, 0.717) is 17.2 Å². The van der Waals surface area contributed by atoms with E-state index in [2.05, 4.69) is 9.62 Å². The predicted octanol–water partition coefficient (Wildman–Crippen LogP) is 3.33. The van der Waals surface area contributed by atoms with Crippen molar-refractivity contribution >= 4 is 38.9 Å². The van der Waals surface area contributed by atoms with Crippen LogP contribution in [0.4, 0.5) is 0 Å². The molecule has 2 heterocycles. The van der Waals surface area contributed by atoms with Gasteiger partial charge < -0.3 is 4.90 Å². The van der Waals surface area contributed by atoms with Crippen molar-refractivity contribution in [3.8, 4) is 0 Å². The summed E-state index contributed by atoms with van der Waals surface area (Å²) in [6, 6.07) is 3.76. The predicted molar refractivity (Wildman–Crippen MR) is 116 cm³/mol. The molecule has 1 aromatic rings. The largest absolute Gasteiger partial charge is 0.340 e. The van der Waals surface area contributed by atoms with Gasteiger partial charge in [-0.1, -0.05) is 24.4 Å². The number of carbonyl (C=O) groups excluding carboxylic acids is 1. The first-order valence-corrected chi connectivity index (χ1v) is 13.4. The molecule has 0 bridgehead atoms. The van der Waals surface area contributed by atoms with E-state index in [1.807, 2.05) is 4.90 Å². The average Bonchev–Trinajstić information content (AvgIpc) is 3.40. The Labute approximate surface area is 182 Å². The lowest BCUT2D eigenvalue weighted by Gasteiger charge is -2.40. The molecule has 3 fully saturated rings. The van der Waals surface area contributed by atoms with Crippen molar-refractivity contribution in [3.05, 3.63) is 16.5 Å². The van der Waals surface area contributed by atoms with Crippen molar-refractivity contribution in [2.24, 2.45) is 5.92 Å². The molecule has 0 atom stereocenters. The fourth-order valence-electron chi connectivity index (χ4n) is 5.01. The average molecular weight is 460 g/mol. The Morgan fingerprint density at radius 2 is 1.66 bits per heavy atom. The highest BCUT2D eigenvalue weighted by Crippen LogP contribution is 2.30. The standard InChI is InChI=1S/C20H30ClN3O3S2/c21-18-9-10-19(28-18)29(26,27)22-16-7-5-15(6-8-16)20(25)24-13-11-23(12-14-24)17-3-1-2-4-17/h9-10,15-17,22H,1-8,11-14H2/t15-,16-. The Hall–Kier alpha value is -0.670. The molecule has 6 nitrogen and oxygen atoms in total. The van der Waals surface area contributed by atoms with Crippen LogP contribution in [0.1, 0.15) is 51.4 Å². The lowest BCUT2D eigenvalue weighted by atomic mass is 9.85. The minimum atomic E-state index is -3.53. The molecular formula is C20H30ClN3O3S2. The normalized spacial score (nSPS) is 27.4. The van der Waals surface area contributed by atoms with Gasteiger partial charge in [-0.05, 0) is 50.7 Å². The number of piperazine rings is 1. The third-order valence-electron chi connectivity index (χ3n) is 6.68. The smallest absolute Gasteiger partial charge is 0.250 e. The summed E-state index contributed by atoms with van der Waals surface area (Å²) >= 11 is 6.93. The van der Waals surface area contributed by atoms with E-state index < -0.39 is 10.0 Å². The zero-order valence-electron chi connectivity index (χ0n) is 16.7. The number of amides is 1. The van der Waals surface area contributed by atoms with Crippen LogP contribution in [0, 0.1) is 5.92 Å². The van der Waals surface area contributed by atoms with Gasteiger partial charge in [0.05, 0.1) is 4.34 Å². The van der Waals surface area contributed by atoms with Crippen LogP contribution in [-0.4, -0.2) is 62.4 Å². The van der Waals surface area contributed by atoms with Crippen LogP contribution in [0.25, 0.3) is 0 Å². The molecule has 2 saturated carbocycles. The van der Waals surface area contributed by atoms with Crippen LogP contribution in [-0.2, 0) is 14.8 Å². The van der Waals surface area contributed by atoms with Gasteiger partial charge in [0, 0.05) is 44.2 Å². The molecule has 0 aromatic carbocycles. The van der Waals surface area contributed by atoms with E-state index in [4.69, 9.17) is 11.6 Å². The van der Waals surface area contributed by atoms with Gasteiger partial charge in [0.1, 0.15) is 4.21 Å². The fourth-order valence-corrected chi connectivity index (χ4v) is 7.82. The van der Waals surface area contributed by atoms with Crippen LogP contribution >= 0.6 is 22.9 Å². The van der Waals surface area contributed by atoms with Crippen molar-refractivity contribution in [2.75, 3.05) is 26.2 Å². The first-order chi connectivity index (χ1) is 13.9. The molecule has 2 aliphatic carbocycles. The molecule has 4 rings (SSSR count). The van der Waals surface area contributed by atoms with Gasteiger partial charge in [0.15, 0.2) is 0 Å². The number of thiophene rings is 1. The van der Waals surface area contributed by atoms with E-state index in [0.717, 1.165) is 56.4 Å².